The van der Waals surface area contributed by atoms with E-state index in [9.17, 15) is 0 Å². The van der Waals surface area contributed by atoms with Crippen LogP contribution in [0.15, 0.2) is 73.3 Å². The fourth-order valence-corrected chi connectivity index (χ4v) is 7.56. The molecule has 6 rings (SSSR count). The quantitative estimate of drug-likeness (QED) is 0.158. The standard InChI is InChI=1S/2C21H25N2.Cu/c2*1-14-9-16(3)20(17(4)10-14)22-7-8-23(13-22)21-18(5)11-15(2)12-19(21)6;/h2*7-13H,1-6H3;/q2*-1;+1. The zero-order valence-electron chi connectivity index (χ0n) is 30.2. The molecule has 0 radical (unpaired) electrons. The van der Waals surface area contributed by atoms with Gasteiger partial charge in [-0.05, 0) is 152 Å². The van der Waals surface area contributed by atoms with Crippen molar-refractivity contribution in [1.82, 2.24) is 0 Å². The molecule has 2 heterocycles. The van der Waals surface area contributed by atoms with Gasteiger partial charge in [-0.15, -0.1) is 13.3 Å². The van der Waals surface area contributed by atoms with Crippen molar-refractivity contribution in [2.45, 2.75) is 83.1 Å². The van der Waals surface area contributed by atoms with Crippen LogP contribution in [-0.2, 0) is 17.1 Å². The normalized spacial score (nSPS) is 13.7. The minimum Gasteiger partial charge on any atom is -0.479 e. The van der Waals surface area contributed by atoms with Gasteiger partial charge in [-0.3, -0.25) is 0 Å². The Bertz CT molecular complexity index is 1490. The molecular weight excluding hydrogens is 624 g/mol. The average Bonchev–Trinajstić information content (AvgIpc) is 3.57. The van der Waals surface area contributed by atoms with Crippen molar-refractivity contribution in [2.75, 3.05) is 19.6 Å². The predicted molar refractivity (Wildman–Crippen MR) is 199 cm³/mol. The van der Waals surface area contributed by atoms with Gasteiger partial charge < -0.3 is 19.6 Å². The minimum absolute atomic E-state index is 0. The van der Waals surface area contributed by atoms with E-state index in [0.717, 1.165) is 0 Å². The number of hydrogen-bond donors (Lipinski definition) is 0. The molecule has 0 aliphatic carbocycles. The molecule has 0 saturated carbocycles. The zero-order chi connectivity index (χ0) is 33.4. The molecular formula is C42H50CuN4-. The minimum atomic E-state index is 0. The Morgan fingerprint density at radius 3 is 0.596 bits per heavy atom. The van der Waals surface area contributed by atoms with Crippen molar-refractivity contribution in [3.8, 4) is 0 Å². The van der Waals surface area contributed by atoms with Crippen molar-refractivity contribution < 1.29 is 17.1 Å². The van der Waals surface area contributed by atoms with E-state index >= 15 is 0 Å². The van der Waals surface area contributed by atoms with E-state index in [1.54, 1.807) is 0 Å². The maximum Gasteiger partial charge on any atom is 1.00 e. The Labute approximate surface area is 294 Å². The Hall–Kier alpha value is -3.92. The Balaban J connectivity index is 0.000000208. The molecule has 0 N–H and O–H groups in total. The van der Waals surface area contributed by atoms with Crippen LogP contribution in [0.4, 0.5) is 22.7 Å². The maximum absolute atomic E-state index is 2.25. The van der Waals surface area contributed by atoms with E-state index in [1.165, 1.54) is 89.5 Å². The molecule has 0 atom stereocenters. The van der Waals surface area contributed by atoms with Crippen molar-refractivity contribution >= 4 is 22.7 Å². The largest absolute Gasteiger partial charge is 1.00 e. The Morgan fingerprint density at radius 2 is 0.447 bits per heavy atom. The van der Waals surface area contributed by atoms with E-state index < -0.39 is 0 Å². The summed E-state index contributed by atoms with van der Waals surface area (Å²) < 4.78 is 0. The molecule has 5 heteroatoms. The summed E-state index contributed by atoms with van der Waals surface area (Å²) in [6.45, 7) is 30.4. The molecule has 0 bridgehead atoms. The van der Waals surface area contributed by atoms with E-state index in [1.807, 2.05) is 0 Å². The van der Waals surface area contributed by atoms with E-state index in [-0.39, 0.29) is 17.1 Å². The molecule has 4 aromatic rings. The van der Waals surface area contributed by atoms with Gasteiger partial charge in [-0.1, -0.05) is 70.8 Å². The summed E-state index contributed by atoms with van der Waals surface area (Å²) in [5.41, 5.74) is 20.8. The summed E-state index contributed by atoms with van der Waals surface area (Å²) >= 11 is 0. The summed E-state index contributed by atoms with van der Waals surface area (Å²) in [7, 11) is 0. The van der Waals surface area contributed by atoms with Crippen LogP contribution in [0.25, 0.3) is 0 Å². The van der Waals surface area contributed by atoms with Gasteiger partial charge in [0.15, 0.2) is 0 Å². The molecule has 0 unspecified atom stereocenters. The van der Waals surface area contributed by atoms with E-state index in [4.69, 9.17) is 0 Å². The van der Waals surface area contributed by atoms with Gasteiger partial charge in [0, 0.05) is 22.7 Å². The molecule has 47 heavy (non-hydrogen) atoms. The summed E-state index contributed by atoms with van der Waals surface area (Å²) in [6, 6.07) is 18.0. The summed E-state index contributed by atoms with van der Waals surface area (Å²) in [4.78, 5) is 8.90. The van der Waals surface area contributed by atoms with E-state index in [2.05, 4.69) is 189 Å². The molecule has 0 fully saturated rings. The van der Waals surface area contributed by atoms with Crippen LogP contribution in [-0.4, -0.2) is 0 Å². The number of rotatable bonds is 4. The number of benzene rings is 4. The third kappa shape index (κ3) is 7.64. The second-order valence-corrected chi connectivity index (χ2v) is 13.4. The number of hydrogen-bond acceptors (Lipinski definition) is 4. The Kier molecular flexibility index (Phi) is 11.1. The van der Waals surface area contributed by atoms with Crippen LogP contribution < -0.4 is 19.6 Å². The summed E-state index contributed by atoms with van der Waals surface area (Å²) in [6.07, 6.45) is 8.57. The van der Waals surface area contributed by atoms with Crippen LogP contribution in [0.3, 0.4) is 0 Å². The molecule has 0 aromatic heterocycles. The van der Waals surface area contributed by atoms with Crippen molar-refractivity contribution in [2.24, 2.45) is 0 Å². The van der Waals surface area contributed by atoms with Crippen LogP contribution >= 0.6 is 0 Å². The Morgan fingerprint density at radius 1 is 0.298 bits per heavy atom. The van der Waals surface area contributed by atoms with Gasteiger partial charge in [-0.25, -0.2) is 0 Å². The maximum atomic E-state index is 2.25. The van der Waals surface area contributed by atoms with Gasteiger partial charge in [-0.2, -0.15) is 0 Å². The molecule has 0 saturated heterocycles. The van der Waals surface area contributed by atoms with Crippen LogP contribution in [0, 0.1) is 96.4 Å². The third-order valence-corrected chi connectivity index (χ3v) is 8.85. The second kappa shape index (κ2) is 14.5. The van der Waals surface area contributed by atoms with Crippen molar-refractivity contribution in [3.05, 3.63) is 153 Å². The first kappa shape index (κ1) is 35.9. The van der Waals surface area contributed by atoms with Crippen molar-refractivity contribution in [3.63, 3.8) is 0 Å². The van der Waals surface area contributed by atoms with Gasteiger partial charge in [0.1, 0.15) is 0 Å². The molecule has 4 aromatic carbocycles. The van der Waals surface area contributed by atoms with Crippen molar-refractivity contribution in [1.29, 1.82) is 0 Å². The first-order valence-electron chi connectivity index (χ1n) is 16.2. The SMILES string of the molecule is Cc1cc(C)c(N2C=CN(c3c(C)cc(C)cc3C)[CH-]2)c(C)c1.Cc1cc(C)c(N2C=CN(c3c(C)cc(C)cc3C)[CH-]2)c(C)c1.[Cu+]. The van der Waals surface area contributed by atoms with Crippen LogP contribution in [0.2, 0.25) is 0 Å². The number of aryl methyl sites for hydroxylation is 12. The first-order chi connectivity index (χ1) is 21.7. The first-order valence-corrected chi connectivity index (χ1v) is 16.2. The third-order valence-electron chi connectivity index (χ3n) is 8.85. The van der Waals surface area contributed by atoms with E-state index in [0.29, 0.717) is 0 Å². The molecule has 0 spiro atoms. The number of anilines is 4. The molecule has 2 aliphatic rings. The van der Waals surface area contributed by atoms with Gasteiger partial charge in [0.05, 0.1) is 0 Å². The zero-order valence-corrected chi connectivity index (χ0v) is 31.1. The molecule has 0 amide bonds. The van der Waals surface area contributed by atoms with Crippen LogP contribution in [0.1, 0.15) is 66.8 Å². The molecule has 2 aliphatic heterocycles. The topological polar surface area (TPSA) is 13.0 Å². The van der Waals surface area contributed by atoms with Gasteiger partial charge in [0.2, 0.25) is 0 Å². The second-order valence-electron chi connectivity index (χ2n) is 13.4. The van der Waals surface area contributed by atoms with Crippen LogP contribution in [0.5, 0.6) is 0 Å². The number of nitrogens with zero attached hydrogens (tertiary/aromatic N) is 4. The molecule has 4 nitrogen and oxygen atoms in total. The fraction of sp³-hybridized carbons (Fsp3) is 0.286. The fourth-order valence-electron chi connectivity index (χ4n) is 7.56. The predicted octanol–water partition coefficient (Wildman–Crippen LogP) is 10.9. The summed E-state index contributed by atoms with van der Waals surface area (Å²) in [5.74, 6) is 0. The van der Waals surface area contributed by atoms with Gasteiger partial charge in [0.25, 0.3) is 0 Å². The summed E-state index contributed by atoms with van der Waals surface area (Å²) in [5, 5.41) is 0. The van der Waals surface area contributed by atoms with Gasteiger partial charge >= 0.3 is 17.1 Å². The molecule has 250 valence electrons. The average molecular weight is 674 g/mol. The smallest absolute Gasteiger partial charge is 0.479 e. The monoisotopic (exact) mass is 673 g/mol.